The van der Waals surface area contributed by atoms with Crippen LogP contribution in [-0.4, -0.2) is 61.4 Å². The fourth-order valence-corrected chi connectivity index (χ4v) is 1.45. The average Bonchev–Trinajstić information content (AvgIpc) is 2.33. The summed E-state index contributed by atoms with van der Waals surface area (Å²) in [5.74, 6) is -0.591. The number of likely N-dealkylation sites (N-methyl/N-ethyl adjacent to an activating group) is 1. The Kier molecular flexibility index (Phi) is 6.24. The highest BCUT2D eigenvalue weighted by atomic mass is 16.5. The van der Waals surface area contributed by atoms with Crippen molar-refractivity contribution in [3.05, 3.63) is 23.4 Å². The number of hydrogen-bond donors (Lipinski definition) is 2. The van der Waals surface area contributed by atoms with Crippen LogP contribution in [0.4, 0.5) is 5.82 Å². The van der Waals surface area contributed by atoms with Gasteiger partial charge in [-0.3, -0.25) is 0 Å². The number of nitrogens with zero attached hydrogens (tertiary/aromatic N) is 2. The molecule has 0 radical (unpaired) electrons. The number of pyridine rings is 1. The van der Waals surface area contributed by atoms with E-state index in [9.17, 15) is 4.79 Å². The highest BCUT2D eigenvalue weighted by Gasteiger charge is 2.10. The van der Waals surface area contributed by atoms with E-state index >= 15 is 0 Å². The van der Waals surface area contributed by atoms with Gasteiger partial charge in [0.15, 0.2) is 0 Å². The van der Waals surface area contributed by atoms with Crippen LogP contribution in [0.5, 0.6) is 0 Å². The normalized spacial score (nSPS) is 10.7. The van der Waals surface area contributed by atoms with Crippen LogP contribution >= 0.6 is 0 Å². The van der Waals surface area contributed by atoms with E-state index in [1.165, 1.54) is 0 Å². The van der Waals surface area contributed by atoms with E-state index < -0.39 is 5.97 Å². The third-order valence-electron chi connectivity index (χ3n) is 2.49. The minimum absolute atomic E-state index is 0.180. The second-order valence-corrected chi connectivity index (χ2v) is 4.50. The smallest absolute Gasteiger partial charge is 0.339 e. The van der Waals surface area contributed by atoms with Crippen LogP contribution in [0, 0.1) is 6.92 Å². The summed E-state index contributed by atoms with van der Waals surface area (Å²) in [6, 6.07) is 3.24. The minimum Gasteiger partial charge on any atom is -0.478 e. The Hall–Kier alpha value is -1.66. The second-order valence-electron chi connectivity index (χ2n) is 4.50. The number of ether oxygens (including phenoxy) is 1. The molecule has 0 atom stereocenters. The first-order chi connectivity index (χ1) is 9.00. The van der Waals surface area contributed by atoms with Crippen molar-refractivity contribution in [1.29, 1.82) is 0 Å². The molecule has 0 spiro atoms. The number of aryl methyl sites for hydroxylation is 1. The lowest BCUT2D eigenvalue weighted by molar-refractivity contribution is 0.0697. The number of nitrogens with one attached hydrogen (secondary N) is 1. The summed E-state index contributed by atoms with van der Waals surface area (Å²) < 4.78 is 5.42. The highest BCUT2D eigenvalue weighted by molar-refractivity contribution is 5.93. The van der Waals surface area contributed by atoms with Gasteiger partial charge in [-0.15, -0.1) is 0 Å². The number of aromatic nitrogens is 1. The van der Waals surface area contributed by atoms with Crippen LogP contribution in [-0.2, 0) is 4.74 Å². The Morgan fingerprint density at radius 1 is 1.42 bits per heavy atom. The van der Waals surface area contributed by atoms with Crippen LogP contribution in [0.1, 0.15) is 16.1 Å². The Balaban J connectivity index is 2.40. The van der Waals surface area contributed by atoms with Gasteiger partial charge in [-0.1, -0.05) is 0 Å². The molecule has 0 fully saturated rings. The zero-order valence-electron chi connectivity index (χ0n) is 11.6. The molecule has 0 saturated carbocycles. The Morgan fingerprint density at radius 2 is 2.16 bits per heavy atom. The molecule has 0 aliphatic carbocycles. The topological polar surface area (TPSA) is 74.7 Å². The number of hydrogen-bond acceptors (Lipinski definition) is 5. The molecule has 1 aromatic rings. The summed E-state index contributed by atoms with van der Waals surface area (Å²) in [6.07, 6.45) is 0. The van der Waals surface area contributed by atoms with Gasteiger partial charge in [0.25, 0.3) is 0 Å². The molecule has 1 heterocycles. The molecule has 2 N–H and O–H groups in total. The Morgan fingerprint density at radius 3 is 2.79 bits per heavy atom. The molecule has 106 valence electrons. The molecule has 0 unspecified atom stereocenters. The standard InChI is InChI=1S/C13H21N3O3/c1-10-4-5-11(13(17)18)12(15-10)14-6-8-19-9-7-16(2)3/h4-5H,6-9H2,1-3H3,(H,14,15)(H,17,18). The first-order valence-electron chi connectivity index (χ1n) is 6.18. The van der Waals surface area contributed by atoms with Crippen molar-refractivity contribution in [2.24, 2.45) is 0 Å². The van der Waals surface area contributed by atoms with Crippen LogP contribution in [0.25, 0.3) is 0 Å². The van der Waals surface area contributed by atoms with Crippen molar-refractivity contribution in [2.75, 3.05) is 45.7 Å². The molecular weight excluding hydrogens is 246 g/mol. The molecule has 1 rings (SSSR count). The van der Waals surface area contributed by atoms with Gasteiger partial charge in [0.1, 0.15) is 11.4 Å². The van der Waals surface area contributed by atoms with Crippen LogP contribution in [0.15, 0.2) is 12.1 Å². The summed E-state index contributed by atoms with van der Waals surface area (Å²) in [4.78, 5) is 17.3. The van der Waals surface area contributed by atoms with Crippen molar-refractivity contribution in [2.45, 2.75) is 6.92 Å². The minimum atomic E-state index is -0.983. The lowest BCUT2D eigenvalue weighted by Gasteiger charge is -2.11. The van der Waals surface area contributed by atoms with Gasteiger partial charge in [0, 0.05) is 18.8 Å². The van der Waals surface area contributed by atoms with Crippen molar-refractivity contribution in [3.63, 3.8) is 0 Å². The lowest BCUT2D eigenvalue weighted by Crippen LogP contribution is -2.20. The molecule has 0 bridgehead atoms. The van der Waals surface area contributed by atoms with E-state index in [1.807, 2.05) is 25.9 Å². The third kappa shape index (κ3) is 5.67. The number of anilines is 1. The molecule has 6 nitrogen and oxygen atoms in total. The molecule has 6 heteroatoms. The number of carboxylic acids is 1. The molecule has 0 amide bonds. The molecule has 0 aliphatic heterocycles. The zero-order chi connectivity index (χ0) is 14.3. The van der Waals surface area contributed by atoms with Crippen LogP contribution in [0.3, 0.4) is 0 Å². The predicted octanol–water partition coefficient (Wildman–Crippen LogP) is 1.08. The van der Waals surface area contributed by atoms with Crippen LogP contribution < -0.4 is 5.32 Å². The second kappa shape index (κ2) is 7.70. The lowest BCUT2D eigenvalue weighted by atomic mass is 10.2. The third-order valence-corrected chi connectivity index (χ3v) is 2.49. The van der Waals surface area contributed by atoms with Gasteiger partial charge < -0.3 is 20.1 Å². The van der Waals surface area contributed by atoms with Crippen molar-refractivity contribution in [1.82, 2.24) is 9.88 Å². The molecule has 0 aromatic carbocycles. The van der Waals surface area contributed by atoms with Gasteiger partial charge in [-0.25, -0.2) is 9.78 Å². The van der Waals surface area contributed by atoms with E-state index in [1.54, 1.807) is 12.1 Å². The zero-order valence-corrected chi connectivity index (χ0v) is 11.6. The monoisotopic (exact) mass is 267 g/mol. The van der Waals surface area contributed by atoms with E-state index in [0.717, 1.165) is 12.2 Å². The van der Waals surface area contributed by atoms with E-state index in [0.29, 0.717) is 25.6 Å². The summed E-state index contributed by atoms with van der Waals surface area (Å²) in [7, 11) is 3.97. The summed E-state index contributed by atoms with van der Waals surface area (Å²) in [6.45, 7) is 4.39. The summed E-state index contributed by atoms with van der Waals surface area (Å²) in [5, 5.41) is 12.0. The quantitative estimate of drug-likeness (QED) is 0.686. The van der Waals surface area contributed by atoms with Gasteiger partial charge in [-0.05, 0) is 33.2 Å². The highest BCUT2D eigenvalue weighted by Crippen LogP contribution is 2.12. The van der Waals surface area contributed by atoms with Gasteiger partial charge in [0.05, 0.1) is 13.2 Å². The molecule has 19 heavy (non-hydrogen) atoms. The summed E-state index contributed by atoms with van der Waals surface area (Å²) >= 11 is 0. The first kappa shape index (κ1) is 15.4. The maximum atomic E-state index is 11.0. The summed E-state index contributed by atoms with van der Waals surface area (Å²) in [5.41, 5.74) is 0.958. The molecule has 0 saturated heterocycles. The van der Waals surface area contributed by atoms with Gasteiger partial charge in [0.2, 0.25) is 0 Å². The Labute approximate surface area is 113 Å². The van der Waals surface area contributed by atoms with E-state index in [4.69, 9.17) is 9.84 Å². The fraction of sp³-hybridized carbons (Fsp3) is 0.538. The van der Waals surface area contributed by atoms with Crippen molar-refractivity contribution >= 4 is 11.8 Å². The Bertz CT molecular complexity index is 422. The molecule has 1 aromatic heterocycles. The van der Waals surface area contributed by atoms with Crippen LogP contribution in [0.2, 0.25) is 0 Å². The van der Waals surface area contributed by atoms with Gasteiger partial charge >= 0.3 is 5.97 Å². The van der Waals surface area contributed by atoms with Crippen molar-refractivity contribution < 1.29 is 14.6 Å². The number of aromatic carboxylic acids is 1. The maximum absolute atomic E-state index is 11.0. The van der Waals surface area contributed by atoms with Crippen molar-refractivity contribution in [3.8, 4) is 0 Å². The molecular formula is C13H21N3O3. The van der Waals surface area contributed by atoms with E-state index in [2.05, 4.69) is 10.3 Å². The first-order valence-corrected chi connectivity index (χ1v) is 6.18. The SMILES string of the molecule is Cc1ccc(C(=O)O)c(NCCOCCN(C)C)n1. The molecule has 0 aliphatic rings. The predicted molar refractivity (Wildman–Crippen MR) is 73.8 cm³/mol. The maximum Gasteiger partial charge on any atom is 0.339 e. The fourth-order valence-electron chi connectivity index (χ4n) is 1.45. The largest absolute Gasteiger partial charge is 0.478 e. The van der Waals surface area contributed by atoms with E-state index in [-0.39, 0.29) is 5.56 Å². The number of rotatable bonds is 8. The number of carbonyl (C=O) groups is 1. The number of carboxylic acid groups (broad SMARTS) is 1. The van der Waals surface area contributed by atoms with Gasteiger partial charge in [-0.2, -0.15) is 0 Å². The average molecular weight is 267 g/mol.